The fourth-order valence-corrected chi connectivity index (χ4v) is 3.79. The van der Waals surface area contributed by atoms with Crippen LogP contribution in [0.15, 0.2) is 36.7 Å². The number of aliphatic hydroxyl groups is 1. The standard InChI is InChI=1S/C20H23N5O/c26-16-5-3-15(4-6-16)23-19-7-8-20-22-12-18(25(20)24-19)14-9-10-21-17(11-14)13-1-2-13/h7-13,15-16,26H,1-6H2,(H,23,24). The summed E-state index contributed by atoms with van der Waals surface area (Å²) in [6.07, 6.45) is 9.79. The number of hydrogen-bond donors (Lipinski definition) is 2. The van der Waals surface area contributed by atoms with Gasteiger partial charge in [-0.15, -0.1) is 5.10 Å². The number of aromatic nitrogens is 4. The van der Waals surface area contributed by atoms with Gasteiger partial charge in [-0.05, 0) is 62.8 Å². The molecule has 2 fully saturated rings. The molecule has 6 heteroatoms. The molecule has 2 aliphatic rings. The highest BCUT2D eigenvalue weighted by molar-refractivity contribution is 5.64. The smallest absolute Gasteiger partial charge is 0.154 e. The molecule has 0 aliphatic heterocycles. The van der Waals surface area contributed by atoms with E-state index in [1.54, 1.807) is 0 Å². The van der Waals surface area contributed by atoms with Crippen molar-refractivity contribution in [3.63, 3.8) is 0 Å². The van der Waals surface area contributed by atoms with Crippen molar-refractivity contribution in [1.29, 1.82) is 0 Å². The zero-order chi connectivity index (χ0) is 17.5. The Morgan fingerprint density at radius 3 is 2.65 bits per heavy atom. The first-order valence-corrected chi connectivity index (χ1v) is 9.52. The summed E-state index contributed by atoms with van der Waals surface area (Å²) in [5.74, 6) is 1.48. The zero-order valence-electron chi connectivity index (χ0n) is 14.7. The SMILES string of the molecule is OC1CCC(Nc2ccc3ncc(-c4ccnc(C5CC5)c4)n3n2)CC1. The number of fused-ring (bicyclic) bond motifs is 1. The second-order valence-corrected chi connectivity index (χ2v) is 7.53. The van der Waals surface area contributed by atoms with Crippen molar-refractivity contribution in [2.45, 2.75) is 56.6 Å². The molecule has 0 radical (unpaired) electrons. The van der Waals surface area contributed by atoms with Crippen LogP contribution in [0, 0.1) is 0 Å². The van der Waals surface area contributed by atoms with Crippen LogP contribution in [0.25, 0.3) is 16.9 Å². The highest BCUT2D eigenvalue weighted by atomic mass is 16.3. The van der Waals surface area contributed by atoms with E-state index in [1.165, 1.54) is 18.5 Å². The Kier molecular flexibility index (Phi) is 3.85. The lowest BCUT2D eigenvalue weighted by Crippen LogP contribution is -2.28. The van der Waals surface area contributed by atoms with Crippen LogP contribution in [0.5, 0.6) is 0 Å². The van der Waals surface area contributed by atoms with E-state index in [0.29, 0.717) is 12.0 Å². The van der Waals surface area contributed by atoms with Crippen molar-refractivity contribution < 1.29 is 5.11 Å². The molecule has 0 bridgehead atoms. The molecule has 0 spiro atoms. The maximum absolute atomic E-state index is 9.67. The molecule has 26 heavy (non-hydrogen) atoms. The maximum Gasteiger partial charge on any atom is 0.154 e. The van der Waals surface area contributed by atoms with Gasteiger partial charge >= 0.3 is 0 Å². The van der Waals surface area contributed by atoms with Gasteiger partial charge in [-0.2, -0.15) is 0 Å². The molecule has 0 saturated heterocycles. The molecule has 3 heterocycles. The zero-order valence-corrected chi connectivity index (χ0v) is 14.7. The minimum Gasteiger partial charge on any atom is -0.393 e. The first-order chi connectivity index (χ1) is 12.8. The minimum atomic E-state index is -0.143. The Labute approximate surface area is 152 Å². The van der Waals surface area contributed by atoms with Crippen LogP contribution in [-0.2, 0) is 0 Å². The first-order valence-electron chi connectivity index (χ1n) is 9.52. The lowest BCUT2D eigenvalue weighted by Gasteiger charge is -2.26. The van der Waals surface area contributed by atoms with Crippen molar-refractivity contribution in [3.05, 3.63) is 42.4 Å². The van der Waals surface area contributed by atoms with Crippen molar-refractivity contribution in [1.82, 2.24) is 19.6 Å². The second kappa shape index (κ2) is 6.36. The monoisotopic (exact) mass is 349 g/mol. The number of nitrogens with zero attached hydrogens (tertiary/aromatic N) is 4. The third-order valence-corrected chi connectivity index (χ3v) is 5.48. The van der Waals surface area contributed by atoms with Gasteiger partial charge in [-0.3, -0.25) is 4.98 Å². The van der Waals surface area contributed by atoms with Crippen LogP contribution in [0.3, 0.4) is 0 Å². The first kappa shape index (κ1) is 15.8. The lowest BCUT2D eigenvalue weighted by atomic mass is 9.93. The van der Waals surface area contributed by atoms with Gasteiger partial charge in [0.15, 0.2) is 5.65 Å². The summed E-state index contributed by atoms with van der Waals surface area (Å²) in [5.41, 5.74) is 4.12. The Balaban J connectivity index is 1.44. The summed E-state index contributed by atoms with van der Waals surface area (Å²) < 4.78 is 1.91. The van der Waals surface area contributed by atoms with Crippen LogP contribution < -0.4 is 5.32 Å². The van der Waals surface area contributed by atoms with E-state index < -0.39 is 0 Å². The maximum atomic E-state index is 9.67. The molecule has 3 aromatic heterocycles. The number of nitrogens with one attached hydrogen (secondary N) is 1. The molecule has 2 N–H and O–H groups in total. The van der Waals surface area contributed by atoms with Crippen LogP contribution in [0.4, 0.5) is 5.82 Å². The minimum absolute atomic E-state index is 0.143. The molecule has 0 unspecified atom stereocenters. The summed E-state index contributed by atoms with van der Waals surface area (Å²) in [4.78, 5) is 9.01. The third-order valence-electron chi connectivity index (χ3n) is 5.48. The number of imidazole rings is 1. The molecule has 134 valence electrons. The highest BCUT2D eigenvalue weighted by Gasteiger charge is 2.25. The normalized spacial score (nSPS) is 23.3. The fraction of sp³-hybridized carbons (Fsp3) is 0.450. The summed E-state index contributed by atoms with van der Waals surface area (Å²) in [7, 11) is 0. The highest BCUT2D eigenvalue weighted by Crippen LogP contribution is 2.39. The summed E-state index contributed by atoms with van der Waals surface area (Å²) in [6, 6.07) is 8.56. The molecule has 0 amide bonds. The van der Waals surface area contributed by atoms with E-state index in [9.17, 15) is 5.11 Å². The molecule has 2 aliphatic carbocycles. The average Bonchev–Trinajstić information content (AvgIpc) is 3.44. The molecular weight excluding hydrogens is 326 g/mol. The van der Waals surface area contributed by atoms with E-state index in [4.69, 9.17) is 5.10 Å². The van der Waals surface area contributed by atoms with Crippen LogP contribution in [0.2, 0.25) is 0 Å². The summed E-state index contributed by atoms with van der Waals surface area (Å²) >= 11 is 0. The van der Waals surface area contributed by atoms with E-state index in [0.717, 1.165) is 48.4 Å². The van der Waals surface area contributed by atoms with Gasteiger partial charge < -0.3 is 10.4 Å². The molecule has 6 nitrogen and oxygen atoms in total. The summed E-state index contributed by atoms with van der Waals surface area (Å²) in [5, 5.41) is 18.0. The van der Waals surface area contributed by atoms with Gasteiger partial charge in [0.25, 0.3) is 0 Å². The molecule has 5 rings (SSSR count). The molecule has 0 atom stereocenters. The lowest BCUT2D eigenvalue weighted by molar-refractivity contribution is 0.126. The topological polar surface area (TPSA) is 75.3 Å². The van der Waals surface area contributed by atoms with Gasteiger partial charge in [-0.25, -0.2) is 9.50 Å². The van der Waals surface area contributed by atoms with Gasteiger partial charge in [-0.1, -0.05) is 0 Å². The molecule has 0 aromatic carbocycles. The number of anilines is 1. The number of hydrogen-bond acceptors (Lipinski definition) is 5. The van der Waals surface area contributed by atoms with E-state index in [1.807, 2.05) is 35.1 Å². The van der Waals surface area contributed by atoms with E-state index in [2.05, 4.69) is 21.4 Å². The van der Waals surface area contributed by atoms with Gasteiger partial charge in [0.2, 0.25) is 0 Å². The predicted molar refractivity (Wildman–Crippen MR) is 100 cm³/mol. The summed E-state index contributed by atoms with van der Waals surface area (Å²) in [6.45, 7) is 0. The van der Waals surface area contributed by atoms with Crippen LogP contribution in [0.1, 0.15) is 50.1 Å². The Morgan fingerprint density at radius 2 is 1.85 bits per heavy atom. The van der Waals surface area contributed by atoms with E-state index >= 15 is 0 Å². The molecule has 3 aromatic rings. The van der Waals surface area contributed by atoms with Crippen molar-refractivity contribution in [2.75, 3.05) is 5.32 Å². The molecular formula is C20H23N5O. The van der Waals surface area contributed by atoms with Gasteiger partial charge in [0, 0.05) is 29.4 Å². The van der Waals surface area contributed by atoms with Crippen LogP contribution >= 0.6 is 0 Å². The number of rotatable bonds is 4. The third kappa shape index (κ3) is 3.05. The molecule has 2 saturated carbocycles. The van der Waals surface area contributed by atoms with Gasteiger partial charge in [0.1, 0.15) is 5.82 Å². The average molecular weight is 349 g/mol. The largest absolute Gasteiger partial charge is 0.393 e. The van der Waals surface area contributed by atoms with Gasteiger partial charge in [0.05, 0.1) is 18.0 Å². The Morgan fingerprint density at radius 1 is 1.00 bits per heavy atom. The van der Waals surface area contributed by atoms with Crippen molar-refractivity contribution >= 4 is 11.5 Å². The van der Waals surface area contributed by atoms with Crippen molar-refractivity contribution in [2.24, 2.45) is 0 Å². The van der Waals surface area contributed by atoms with E-state index in [-0.39, 0.29) is 6.10 Å². The Bertz CT molecular complexity index is 925. The number of pyridine rings is 1. The van der Waals surface area contributed by atoms with Crippen molar-refractivity contribution in [3.8, 4) is 11.3 Å². The van der Waals surface area contributed by atoms with Crippen LogP contribution in [-0.4, -0.2) is 36.8 Å². The second-order valence-electron chi connectivity index (χ2n) is 7.53. The number of aliphatic hydroxyl groups excluding tert-OH is 1. The quantitative estimate of drug-likeness (QED) is 0.755. The fourth-order valence-electron chi connectivity index (χ4n) is 3.79. The predicted octanol–water partition coefficient (Wildman–Crippen LogP) is 3.38. The Hall–Kier alpha value is -2.47.